The first-order chi connectivity index (χ1) is 10.2. The van der Waals surface area contributed by atoms with E-state index in [4.69, 9.17) is 15.6 Å². The molecule has 4 N–H and O–H groups in total. The number of guanidine groups is 2. The predicted octanol–water partition coefficient (Wildman–Crippen LogP) is 1.41. The van der Waals surface area contributed by atoms with Crippen LogP contribution in [0.1, 0.15) is 5.56 Å². The summed E-state index contributed by atoms with van der Waals surface area (Å²) in [5.74, 6) is 0.734. The van der Waals surface area contributed by atoms with Gasteiger partial charge in [0.2, 0.25) is 6.86 Å². The lowest BCUT2D eigenvalue weighted by molar-refractivity contribution is 0.191. The van der Waals surface area contributed by atoms with Crippen molar-refractivity contribution in [1.29, 1.82) is 10.8 Å². The highest BCUT2D eigenvalue weighted by Gasteiger charge is 2.11. The van der Waals surface area contributed by atoms with Crippen LogP contribution in [0.15, 0.2) is 36.4 Å². The van der Waals surface area contributed by atoms with Crippen LogP contribution in [-0.4, -0.2) is 36.8 Å². The minimum Gasteiger partial charge on any atom is -0.463 e. The van der Waals surface area contributed by atoms with E-state index in [1.165, 1.54) is 0 Å². The Hall–Kier alpha value is -2.57. The Bertz CT molecular complexity index is 521. The maximum atomic E-state index is 12.0. The molecular formula is C14H18FN5O. The monoisotopic (exact) mass is 291 g/mol. The molecule has 6 nitrogen and oxygen atoms in total. The van der Waals surface area contributed by atoms with Crippen LogP contribution in [0.2, 0.25) is 0 Å². The minimum atomic E-state index is -0.848. The molecule has 0 spiro atoms. The number of hydrogen-bond donors (Lipinski definition) is 4. The van der Waals surface area contributed by atoms with E-state index in [9.17, 15) is 4.39 Å². The van der Waals surface area contributed by atoms with Crippen molar-refractivity contribution in [3.05, 3.63) is 42.0 Å². The van der Waals surface area contributed by atoms with E-state index in [1.54, 1.807) is 29.2 Å². The van der Waals surface area contributed by atoms with Gasteiger partial charge in [0.25, 0.3) is 0 Å². The number of ether oxygens (including phenoxy) is 1. The van der Waals surface area contributed by atoms with Crippen molar-refractivity contribution in [3.8, 4) is 5.75 Å². The number of nitrogens with zero attached hydrogens (tertiary/aromatic N) is 1. The molecule has 1 heterocycles. The number of halogens is 1. The average molecular weight is 291 g/mol. The van der Waals surface area contributed by atoms with Crippen molar-refractivity contribution in [2.24, 2.45) is 0 Å². The van der Waals surface area contributed by atoms with Crippen molar-refractivity contribution in [1.82, 2.24) is 15.5 Å². The standard InChI is InChI=1S/C14H18FN5O/c15-10-21-12-5-3-11(4-6-12)9-18-13(16)19-14(17)20-7-1-2-8-20/h1-6H,7-10H2,(H4,16,17,18,19). The smallest absolute Gasteiger partial charge is 0.228 e. The molecule has 0 unspecified atom stereocenters. The quantitative estimate of drug-likeness (QED) is 0.384. The summed E-state index contributed by atoms with van der Waals surface area (Å²) in [6.45, 7) is 0.969. The topological polar surface area (TPSA) is 84.2 Å². The average Bonchev–Trinajstić information content (AvgIpc) is 3.01. The zero-order valence-corrected chi connectivity index (χ0v) is 11.5. The van der Waals surface area contributed by atoms with Gasteiger partial charge in [-0.25, -0.2) is 4.39 Å². The molecule has 112 valence electrons. The van der Waals surface area contributed by atoms with E-state index in [0.29, 0.717) is 25.4 Å². The molecule has 1 aromatic rings. The summed E-state index contributed by atoms with van der Waals surface area (Å²) in [6.07, 6.45) is 3.96. The molecule has 1 aliphatic heterocycles. The summed E-state index contributed by atoms with van der Waals surface area (Å²) >= 11 is 0. The van der Waals surface area contributed by atoms with Crippen LogP contribution in [0.4, 0.5) is 4.39 Å². The first-order valence-corrected chi connectivity index (χ1v) is 6.54. The maximum absolute atomic E-state index is 12.0. The van der Waals surface area contributed by atoms with Gasteiger partial charge in [-0.3, -0.25) is 16.1 Å². The third kappa shape index (κ3) is 4.48. The largest absolute Gasteiger partial charge is 0.463 e. The van der Waals surface area contributed by atoms with E-state index in [2.05, 4.69) is 10.6 Å². The first-order valence-electron chi connectivity index (χ1n) is 6.54. The molecular weight excluding hydrogens is 273 g/mol. The Morgan fingerprint density at radius 3 is 2.48 bits per heavy atom. The van der Waals surface area contributed by atoms with Crippen LogP contribution in [0.25, 0.3) is 0 Å². The molecule has 2 rings (SSSR count). The van der Waals surface area contributed by atoms with Gasteiger partial charge in [0.15, 0.2) is 11.9 Å². The molecule has 0 fully saturated rings. The van der Waals surface area contributed by atoms with E-state index in [1.807, 2.05) is 12.2 Å². The highest BCUT2D eigenvalue weighted by atomic mass is 19.1. The fraction of sp³-hybridized carbons (Fsp3) is 0.286. The van der Waals surface area contributed by atoms with Crippen molar-refractivity contribution < 1.29 is 9.13 Å². The van der Waals surface area contributed by atoms with Crippen LogP contribution in [-0.2, 0) is 6.54 Å². The maximum Gasteiger partial charge on any atom is 0.228 e. The molecule has 0 bridgehead atoms. The van der Waals surface area contributed by atoms with Crippen LogP contribution < -0.4 is 15.4 Å². The second-order valence-corrected chi connectivity index (χ2v) is 4.48. The molecule has 21 heavy (non-hydrogen) atoms. The van der Waals surface area contributed by atoms with Crippen molar-refractivity contribution in [2.75, 3.05) is 20.0 Å². The van der Waals surface area contributed by atoms with Gasteiger partial charge in [-0.15, -0.1) is 0 Å². The van der Waals surface area contributed by atoms with Gasteiger partial charge in [-0.1, -0.05) is 24.3 Å². The zero-order valence-electron chi connectivity index (χ0n) is 11.5. The minimum absolute atomic E-state index is 0.0657. The normalized spacial score (nSPS) is 13.1. The lowest BCUT2D eigenvalue weighted by Gasteiger charge is -2.20. The van der Waals surface area contributed by atoms with Crippen LogP contribution in [0.5, 0.6) is 5.75 Å². The molecule has 0 aromatic heterocycles. The molecule has 7 heteroatoms. The summed E-state index contributed by atoms with van der Waals surface area (Å²) in [7, 11) is 0. The van der Waals surface area contributed by atoms with Gasteiger partial charge < -0.3 is 15.0 Å². The third-order valence-electron chi connectivity index (χ3n) is 2.99. The Balaban J connectivity index is 1.74. The number of hydrogen-bond acceptors (Lipinski definition) is 3. The molecule has 0 saturated carbocycles. The Morgan fingerprint density at radius 2 is 1.86 bits per heavy atom. The van der Waals surface area contributed by atoms with Crippen molar-refractivity contribution in [3.63, 3.8) is 0 Å². The summed E-state index contributed by atoms with van der Waals surface area (Å²) in [6, 6.07) is 6.93. The lowest BCUT2D eigenvalue weighted by Crippen LogP contribution is -2.46. The number of rotatable bonds is 4. The second-order valence-electron chi connectivity index (χ2n) is 4.48. The van der Waals surface area contributed by atoms with Gasteiger partial charge >= 0.3 is 0 Å². The van der Waals surface area contributed by atoms with Crippen molar-refractivity contribution in [2.45, 2.75) is 6.54 Å². The molecule has 1 aromatic carbocycles. The molecule has 1 aliphatic rings. The van der Waals surface area contributed by atoms with E-state index in [0.717, 1.165) is 5.56 Å². The molecule has 0 amide bonds. The van der Waals surface area contributed by atoms with E-state index >= 15 is 0 Å². The Labute approximate surface area is 122 Å². The highest BCUT2D eigenvalue weighted by Crippen LogP contribution is 2.11. The Kier molecular flexibility index (Phi) is 5.14. The summed E-state index contributed by atoms with van der Waals surface area (Å²) in [5.41, 5.74) is 0.933. The van der Waals surface area contributed by atoms with Gasteiger partial charge in [0.05, 0.1) is 0 Å². The molecule has 0 saturated heterocycles. The number of alkyl halides is 1. The van der Waals surface area contributed by atoms with Gasteiger partial charge in [0.1, 0.15) is 5.75 Å². The first kappa shape index (κ1) is 14.8. The molecule has 0 aliphatic carbocycles. The van der Waals surface area contributed by atoms with E-state index < -0.39 is 6.86 Å². The van der Waals surface area contributed by atoms with E-state index in [-0.39, 0.29) is 11.9 Å². The van der Waals surface area contributed by atoms with Gasteiger partial charge in [-0.05, 0) is 17.7 Å². The van der Waals surface area contributed by atoms with Crippen LogP contribution in [0.3, 0.4) is 0 Å². The van der Waals surface area contributed by atoms with Crippen LogP contribution >= 0.6 is 0 Å². The highest BCUT2D eigenvalue weighted by molar-refractivity contribution is 5.95. The zero-order chi connectivity index (χ0) is 15.1. The molecule has 0 radical (unpaired) electrons. The summed E-state index contributed by atoms with van der Waals surface area (Å²) in [5, 5.41) is 21.1. The number of benzene rings is 1. The SMILES string of the molecule is N=C(NCc1ccc(OCF)cc1)NC(=N)N1CC=CC1. The fourth-order valence-corrected chi connectivity index (χ4v) is 1.86. The second kappa shape index (κ2) is 7.28. The third-order valence-corrected chi connectivity index (χ3v) is 2.99. The summed E-state index contributed by atoms with van der Waals surface area (Å²) < 4.78 is 16.7. The van der Waals surface area contributed by atoms with Gasteiger partial charge in [0, 0.05) is 19.6 Å². The van der Waals surface area contributed by atoms with Crippen LogP contribution in [0, 0.1) is 10.8 Å². The number of nitrogens with one attached hydrogen (secondary N) is 4. The van der Waals surface area contributed by atoms with Gasteiger partial charge in [-0.2, -0.15) is 0 Å². The lowest BCUT2D eigenvalue weighted by atomic mass is 10.2. The Morgan fingerprint density at radius 1 is 1.19 bits per heavy atom. The predicted molar refractivity (Wildman–Crippen MR) is 79.2 cm³/mol. The summed E-state index contributed by atoms with van der Waals surface area (Å²) in [4.78, 5) is 1.80. The molecule has 0 atom stereocenters. The fourth-order valence-electron chi connectivity index (χ4n) is 1.86. The van der Waals surface area contributed by atoms with Crippen molar-refractivity contribution >= 4 is 11.9 Å².